The van der Waals surface area contributed by atoms with E-state index in [4.69, 9.17) is 10.8 Å². The second-order valence-corrected chi connectivity index (χ2v) is 7.34. The standard InChI is InChI=1S/C22H27N3O3/c1-16(26)19-5-7-20(8-6-19)25-11-9-24(10-12-25)15-18-4-2-3-17(13-18)14-21(23)22(27)28/h2-8,13,21H,9-12,14-15,23H2,1H3,(H,27,28). The molecule has 1 aliphatic rings. The summed E-state index contributed by atoms with van der Waals surface area (Å²) < 4.78 is 0. The maximum absolute atomic E-state index is 11.4. The van der Waals surface area contributed by atoms with E-state index in [0.717, 1.165) is 49.5 Å². The smallest absolute Gasteiger partial charge is 0.320 e. The van der Waals surface area contributed by atoms with Gasteiger partial charge in [-0.3, -0.25) is 14.5 Å². The summed E-state index contributed by atoms with van der Waals surface area (Å²) in [7, 11) is 0. The van der Waals surface area contributed by atoms with Crippen LogP contribution >= 0.6 is 0 Å². The van der Waals surface area contributed by atoms with Crippen molar-refractivity contribution in [2.24, 2.45) is 5.73 Å². The number of hydrogen-bond acceptors (Lipinski definition) is 5. The quantitative estimate of drug-likeness (QED) is 0.715. The van der Waals surface area contributed by atoms with E-state index in [-0.39, 0.29) is 5.78 Å². The summed E-state index contributed by atoms with van der Waals surface area (Å²) in [6.45, 7) is 6.19. The minimum absolute atomic E-state index is 0.0860. The molecule has 3 rings (SSSR count). The molecule has 148 valence electrons. The van der Waals surface area contributed by atoms with E-state index in [9.17, 15) is 9.59 Å². The molecule has 1 heterocycles. The molecule has 0 radical (unpaired) electrons. The molecule has 3 N–H and O–H groups in total. The van der Waals surface area contributed by atoms with E-state index < -0.39 is 12.0 Å². The molecule has 0 bridgehead atoms. The van der Waals surface area contributed by atoms with Crippen LogP contribution in [0.3, 0.4) is 0 Å². The van der Waals surface area contributed by atoms with Crippen molar-refractivity contribution >= 4 is 17.4 Å². The summed E-state index contributed by atoms with van der Waals surface area (Å²) in [5, 5.41) is 8.98. The fourth-order valence-corrected chi connectivity index (χ4v) is 3.53. The lowest BCUT2D eigenvalue weighted by atomic mass is 10.0. The molecular weight excluding hydrogens is 354 g/mol. The average molecular weight is 381 g/mol. The van der Waals surface area contributed by atoms with Gasteiger partial charge in [0.15, 0.2) is 5.78 Å². The molecule has 0 spiro atoms. The van der Waals surface area contributed by atoms with Crippen molar-refractivity contribution in [3.8, 4) is 0 Å². The van der Waals surface area contributed by atoms with Gasteiger partial charge in [0.25, 0.3) is 0 Å². The molecule has 0 aromatic heterocycles. The van der Waals surface area contributed by atoms with Gasteiger partial charge in [0.05, 0.1) is 0 Å². The fourth-order valence-electron chi connectivity index (χ4n) is 3.53. The summed E-state index contributed by atoms with van der Waals surface area (Å²) in [6.07, 6.45) is 0.340. The van der Waals surface area contributed by atoms with E-state index >= 15 is 0 Å². The van der Waals surface area contributed by atoms with Crippen molar-refractivity contribution < 1.29 is 14.7 Å². The molecule has 1 fully saturated rings. The maximum atomic E-state index is 11.4. The monoisotopic (exact) mass is 381 g/mol. The zero-order valence-corrected chi connectivity index (χ0v) is 16.2. The number of hydrogen-bond donors (Lipinski definition) is 2. The normalized spacial score (nSPS) is 16.0. The van der Waals surface area contributed by atoms with Gasteiger partial charge in [-0.05, 0) is 48.7 Å². The van der Waals surface area contributed by atoms with E-state index in [2.05, 4.69) is 21.9 Å². The Bertz CT molecular complexity index is 827. The predicted octanol–water partition coefficient (Wildman–Crippen LogP) is 2.17. The SMILES string of the molecule is CC(=O)c1ccc(N2CCN(Cc3cccc(CC(N)C(=O)O)c3)CC2)cc1. The fraction of sp³-hybridized carbons (Fsp3) is 0.364. The summed E-state index contributed by atoms with van der Waals surface area (Å²) in [5.74, 6) is -0.888. The number of benzene rings is 2. The average Bonchev–Trinajstić information content (AvgIpc) is 2.69. The minimum atomic E-state index is -0.974. The highest BCUT2D eigenvalue weighted by Gasteiger charge is 2.18. The number of carbonyl (C=O) groups is 2. The van der Waals surface area contributed by atoms with Gasteiger partial charge in [0, 0.05) is 44.0 Å². The van der Waals surface area contributed by atoms with Crippen LogP contribution in [0.2, 0.25) is 0 Å². The van der Waals surface area contributed by atoms with Gasteiger partial charge in [0.2, 0.25) is 0 Å². The summed E-state index contributed by atoms with van der Waals surface area (Å²) in [4.78, 5) is 27.1. The summed E-state index contributed by atoms with van der Waals surface area (Å²) >= 11 is 0. The van der Waals surface area contributed by atoms with Gasteiger partial charge in [-0.2, -0.15) is 0 Å². The first-order valence-electron chi connectivity index (χ1n) is 9.57. The van der Waals surface area contributed by atoms with Crippen LogP contribution in [0.5, 0.6) is 0 Å². The molecular formula is C22H27N3O3. The topological polar surface area (TPSA) is 86.9 Å². The van der Waals surface area contributed by atoms with Crippen LogP contribution in [0.15, 0.2) is 48.5 Å². The lowest BCUT2D eigenvalue weighted by Gasteiger charge is -2.36. The summed E-state index contributed by atoms with van der Waals surface area (Å²) in [6, 6.07) is 14.9. The first kappa shape index (κ1) is 20.0. The number of aliphatic carboxylic acids is 1. The number of carboxylic acids is 1. The number of rotatable bonds is 7. The molecule has 0 amide bonds. The van der Waals surface area contributed by atoms with Gasteiger partial charge in [-0.15, -0.1) is 0 Å². The van der Waals surface area contributed by atoms with Crippen LogP contribution < -0.4 is 10.6 Å². The van der Waals surface area contributed by atoms with Gasteiger partial charge in [0.1, 0.15) is 6.04 Å². The van der Waals surface area contributed by atoms with Crippen LogP contribution in [-0.4, -0.2) is 54.0 Å². The number of anilines is 1. The molecule has 2 aromatic rings. The summed E-state index contributed by atoms with van der Waals surface area (Å²) in [5.41, 5.74) is 9.66. The van der Waals surface area contributed by atoms with E-state index in [1.807, 2.05) is 36.4 Å². The highest BCUT2D eigenvalue weighted by molar-refractivity contribution is 5.94. The first-order chi connectivity index (χ1) is 13.4. The van der Waals surface area contributed by atoms with Crippen molar-refractivity contribution in [3.63, 3.8) is 0 Å². The number of ketones is 1. The van der Waals surface area contributed by atoms with E-state index in [1.54, 1.807) is 6.92 Å². The van der Waals surface area contributed by atoms with Crippen molar-refractivity contribution in [3.05, 3.63) is 65.2 Å². The Morgan fingerprint density at radius 2 is 1.68 bits per heavy atom. The van der Waals surface area contributed by atoms with Crippen LogP contribution in [0.1, 0.15) is 28.4 Å². The van der Waals surface area contributed by atoms with Gasteiger partial charge >= 0.3 is 5.97 Å². The molecule has 1 atom stereocenters. The number of carboxylic acid groups (broad SMARTS) is 1. The zero-order valence-electron chi connectivity index (χ0n) is 16.2. The van der Waals surface area contributed by atoms with Crippen molar-refractivity contribution in [1.29, 1.82) is 0 Å². The predicted molar refractivity (Wildman–Crippen MR) is 110 cm³/mol. The molecule has 6 nitrogen and oxygen atoms in total. The molecule has 1 saturated heterocycles. The van der Waals surface area contributed by atoms with Gasteiger partial charge < -0.3 is 15.7 Å². The molecule has 0 aliphatic carbocycles. The highest BCUT2D eigenvalue weighted by Crippen LogP contribution is 2.19. The molecule has 2 aromatic carbocycles. The second-order valence-electron chi connectivity index (χ2n) is 7.34. The largest absolute Gasteiger partial charge is 0.480 e. The van der Waals surface area contributed by atoms with Crippen LogP contribution in [0.4, 0.5) is 5.69 Å². The van der Waals surface area contributed by atoms with Crippen LogP contribution in [0.25, 0.3) is 0 Å². The Balaban J connectivity index is 1.54. The lowest BCUT2D eigenvalue weighted by Crippen LogP contribution is -2.46. The highest BCUT2D eigenvalue weighted by atomic mass is 16.4. The minimum Gasteiger partial charge on any atom is -0.480 e. The third-order valence-corrected chi connectivity index (χ3v) is 5.18. The number of Topliss-reactive ketones (excluding diaryl/α,β-unsaturated/α-hetero) is 1. The Morgan fingerprint density at radius 3 is 2.29 bits per heavy atom. The van der Waals surface area contributed by atoms with Crippen molar-refractivity contribution in [2.45, 2.75) is 25.9 Å². The van der Waals surface area contributed by atoms with Gasteiger partial charge in [-0.25, -0.2) is 0 Å². The second kappa shape index (κ2) is 8.99. The van der Waals surface area contributed by atoms with Crippen molar-refractivity contribution in [2.75, 3.05) is 31.1 Å². The molecule has 6 heteroatoms. The Kier molecular flexibility index (Phi) is 6.44. The number of nitrogens with zero attached hydrogens (tertiary/aromatic N) is 2. The van der Waals surface area contributed by atoms with Crippen LogP contribution in [0, 0.1) is 0 Å². The third-order valence-electron chi connectivity index (χ3n) is 5.18. The Morgan fingerprint density at radius 1 is 1.04 bits per heavy atom. The molecule has 1 aliphatic heterocycles. The van der Waals surface area contributed by atoms with Gasteiger partial charge in [-0.1, -0.05) is 24.3 Å². The first-order valence-corrected chi connectivity index (χ1v) is 9.57. The Hall–Kier alpha value is -2.70. The Labute approximate surface area is 165 Å². The molecule has 0 saturated carbocycles. The molecule has 1 unspecified atom stereocenters. The van der Waals surface area contributed by atoms with E-state index in [0.29, 0.717) is 6.42 Å². The number of carbonyl (C=O) groups excluding carboxylic acids is 1. The zero-order chi connectivity index (χ0) is 20.1. The number of nitrogens with two attached hydrogens (primary N) is 1. The molecule has 28 heavy (non-hydrogen) atoms. The van der Waals surface area contributed by atoms with E-state index in [1.165, 1.54) is 5.56 Å². The van der Waals surface area contributed by atoms with Crippen molar-refractivity contribution in [1.82, 2.24) is 4.90 Å². The van der Waals surface area contributed by atoms with Crippen LogP contribution in [-0.2, 0) is 17.8 Å². The maximum Gasteiger partial charge on any atom is 0.320 e. The lowest BCUT2D eigenvalue weighted by molar-refractivity contribution is -0.138. The third kappa shape index (κ3) is 5.18. The number of piperazine rings is 1.